The topological polar surface area (TPSA) is 70.7 Å². The van der Waals surface area contributed by atoms with E-state index in [9.17, 15) is 9.59 Å². The van der Waals surface area contributed by atoms with Gasteiger partial charge in [0, 0.05) is 29.2 Å². The maximum Gasteiger partial charge on any atom is 0.258 e. The maximum atomic E-state index is 12.9. The van der Waals surface area contributed by atoms with Gasteiger partial charge in [0.2, 0.25) is 5.91 Å². The SMILES string of the molecule is CCN(C(=O)c1ccc(NC(=O)CNc2ccc(OC)c(Cl)c2)cc1)c1ccccc1. The van der Waals surface area contributed by atoms with Crippen molar-refractivity contribution in [3.8, 4) is 5.75 Å². The molecule has 3 aromatic carbocycles. The van der Waals surface area contributed by atoms with Gasteiger partial charge in [-0.2, -0.15) is 0 Å². The van der Waals surface area contributed by atoms with Gasteiger partial charge in [-0.1, -0.05) is 29.8 Å². The van der Waals surface area contributed by atoms with E-state index in [0.717, 1.165) is 5.69 Å². The summed E-state index contributed by atoms with van der Waals surface area (Å²) in [5.41, 5.74) is 2.72. The van der Waals surface area contributed by atoms with E-state index in [-0.39, 0.29) is 18.4 Å². The predicted molar refractivity (Wildman–Crippen MR) is 125 cm³/mol. The number of hydrogen-bond donors (Lipinski definition) is 2. The van der Waals surface area contributed by atoms with Crippen molar-refractivity contribution in [3.05, 3.63) is 83.4 Å². The molecule has 160 valence electrons. The van der Waals surface area contributed by atoms with Gasteiger partial charge in [0.25, 0.3) is 5.91 Å². The van der Waals surface area contributed by atoms with Crippen molar-refractivity contribution >= 4 is 40.5 Å². The van der Waals surface area contributed by atoms with Crippen LogP contribution in [0.3, 0.4) is 0 Å². The zero-order valence-electron chi connectivity index (χ0n) is 17.4. The molecule has 2 amide bonds. The van der Waals surface area contributed by atoms with E-state index in [4.69, 9.17) is 16.3 Å². The Balaban J connectivity index is 1.58. The van der Waals surface area contributed by atoms with Crippen molar-refractivity contribution in [2.24, 2.45) is 0 Å². The number of methoxy groups -OCH3 is 1. The summed E-state index contributed by atoms with van der Waals surface area (Å²) in [7, 11) is 1.54. The second-order valence-corrected chi connectivity index (χ2v) is 7.12. The van der Waals surface area contributed by atoms with Crippen molar-refractivity contribution in [2.45, 2.75) is 6.92 Å². The Bertz CT molecular complexity index is 1040. The quantitative estimate of drug-likeness (QED) is 0.516. The van der Waals surface area contributed by atoms with Gasteiger partial charge < -0.3 is 20.3 Å². The molecule has 3 rings (SSSR count). The van der Waals surface area contributed by atoms with E-state index in [1.165, 1.54) is 0 Å². The standard InChI is InChI=1S/C24H24ClN3O3/c1-3-28(20-7-5-4-6-8-20)24(30)17-9-11-18(12-10-17)27-23(29)16-26-19-13-14-22(31-2)21(25)15-19/h4-15,26H,3,16H2,1-2H3,(H,27,29). The van der Waals surface area contributed by atoms with Crippen LogP contribution in [-0.2, 0) is 4.79 Å². The van der Waals surface area contributed by atoms with Crippen LogP contribution < -0.4 is 20.3 Å². The Morgan fingerprint density at radius 2 is 1.65 bits per heavy atom. The van der Waals surface area contributed by atoms with E-state index >= 15 is 0 Å². The van der Waals surface area contributed by atoms with Crippen LogP contribution in [-0.4, -0.2) is 32.0 Å². The number of nitrogens with zero attached hydrogens (tertiary/aromatic N) is 1. The van der Waals surface area contributed by atoms with Gasteiger partial charge in [-0.15, -0.1) is 0 Å². The van der Waals surface area contributed by atoms with Crippen LogP contribution in [0, 0.1) is 0 Å². The fraction of sp³-hybridized carbons (Fsp3) is 0.167. The van der Waals surface area contributed by atoms with E-state index in [1.54, 1.807) is 54.5 Å². The molecule has 0 saturated heterocycles. The molecule has 31 heavy (non-hydrogen) atoms. The smallest absolute Gasteiger partial charge is 0.258 e. The molecule has 0 aromatic heterocycles. The molecule has 0 spiro atoms. The third-order valence-electron chi connectivity index (χ3n) is 4.65. The second kappa shape index (κ2) is 10.5. The highest BCUT2D eigenvalue weighted by Crippen LogP contribution is 2.27. The first-order chi connectivity index (χ1) is 15.0. The summed E-state index contributed by atoms with van der Waals surface area (Å²) >= 11 is 6.09. The lowest BCUT2D eigenvalue weighted by Crippen LogP contribution is -2.30. The van der Waals surface area contributed by atoms with Crippen molar-refractivity contribution in [1.82, 2.24) is 0 Å². The van der Waals surface area contributed by atoms with Crippen LogP contribution in [0.25, 0.3) is 0 Å². The van der Waals surface area contributed by atoms with Crippen molar-refractivity contribution in [1.29, 1.82) is 0 Å². The number of amides is 2. The van der Waals surface area contributed by atoms with Crippen LogP contribution in [0.4, 0.5) is 17.1 Å². The lowest BCUT2D eigenvalue weighted by molar-refractivity contribution is -0.114. The number of halogens is 1. The molecular weight excluding hydrogens is 414 g/mol. The fourth-order valence-corrected chi connectivity index (χ4v) is 3.32. The lowest BCUT2D eigenvalue weighted by Gasteiger charge is -2.21. The number of ether oxygens (including phenoxy) is 1. The number of rotatable bonds is 8. The normalized spacial score (nSPS) is 10.3. The Morgan fingerprint density at radius 1 is 0.968 bits per heavy atom. The summed E-state index contributed by atoms with van der Waals surface area (Å²) in [5, 5.41) is 6.28. The Morgan fingerprint density at radius 3 is 2.26 bits per heavy atom. The third-order valence-corrected chi connectivity index (χ3v) is 4.95. The molecule has 3 aromatic rings. The Kier molecular flexibility index (Phi) is 7.51. The number of anilines is 3. The molecule has 0 unspecified atom stereocenters. The van der Waals surface area contributed by atoms with Gasteiger partial charge >= 0.3 is 0 Å². The van der Waals surface area contributed by atoms with E-state index in [1.807, 2.05) is 37.3 Å². The monoisotopic (exact) mass is 437 g/mol. The van der Waals surface area contributed by atoms with Gasteiger partial charge in [-0.05, 0) is 61.5 Å². The third kappa shape index (κ3) is 5.77. The molecule has 0 radical (unpaired) electrons. The average Bonchev–Trinajstić information content (AvgIpc) is 2.79. The highest BCUT2D eigenvalue weighted by molar-refractivity contribution is 6.32. The van der Waals surface area contributed by atoms with Crippen LogP contribution >= 0.6 is 11.6 Å². The number of benzene rings is 3. The van der Waals surface area contributed by atoms with Crippen LogP contribution in [0.1, 0.15) is 17.3 Å². The largest absolute Gasteiger partial charge is 0.495 e. The zero-order valence-corrected chi connectivity index (χ0v) is 18.1. The molecule has 0 aliphatic carbocycles. The zero-order chi connectivity index (χ0) is 22.2. The molecule has 0 aliphatic rings. The van der Waals surface area contributed by atoms with Crippen LogP contribution in [0.2, 0.25) is 5.02 Å². The molecule has 0 bridgehead atoms. The van der Waals surface area contributed by atoms with E-state index < -0.39 is 0 Å². The molecular formula is C24H24ClN3O3. The minimum absolute atomic E-state index is 0.0704. The molecule has 0 atom stereocenters. The Hall–Kier alpha value is -3.51. The van der Waals surface area contributed by atoms with Gasteiger partial charge in [0.05, 0.1) is 18.7 Å². The van der Waals surface area contributed by atoms with E-state index in [2.05, 4.69) is 10.6 Å². The lowest BCUT2D eigenvalue weighted by atomic mass is 10.1. The minimum atomic E-state index is -0.217. The molecule has 0 aliphatic heterocycles. The van der Waals surface area contributed by atoms with Gasteiger partial charge in [0.1, 0.15) is 5.75 Å². The average molecular weight is 438 g/mol. The molecule has 7 heteroatoms. The molecule has 0 fully saturated rings. The predicted octanol–water partition coefficient (Wildman–Crippen LogP) is 5.07. The summed E-state index contributed by atoms with van der Waals surface area (Å²) in [6.45, 7) is 2.56. The Labute approximate surface area is 186 Å². The summed E-state index contributed by atoms with van der Waals surface area (Å²) in [4.78, 5) is 26.8. The number of para-hydroxylation sites is 1. The first-order valence-corrected chi connectivity index (χ1v) is 10.2. The summed E-state index contributed by atoms with van der Waals surface area (Å²) in [5.74, 6) is 0.260. The number of carbonyl (C=O) groups excluding carboxylic acids is 2. The number of nitrogens with one attached hydrogen (secondary N) is 2. The summed E-state index contributed by atoms with van der Waals surface area (Å²) in [6, 6.07) is 21.6. The van der Waals surface area contributed by atoms with Gasteiger partial charge in [-0.3, -0.25) is 9.59 Å². The summed E-state index contributed by atoms with van der Waals surface area (Å²) < 4.78 is 5.11. The van der Waals surface area contributed by atoms with Gasteiger partial charge in [-0.25, -0.2) is 0 Å². The number of carbonyl (C=O) groups is 2. The fourth-order valence-electron chi connectivity index (χ4n) is 3.07. The summed E-state index contributed by atoms with van der Waals surface area (Å²) in [6.07, 6.45) is 0. The second-order valence-electron chi connectivity index (χ2n) is 6.71. The van der Waals surface area contributed by atoms with Crippen molar-refractivity contribution < 1.29 is 14.3 Å². The van der Waals surface area contributed by atoms with Gasteiger partial charge in [0.15, 0.2) is 0 Å². The van der Waals surface area contributed by atoms with E-state index in [0.29, 0.717) is 34.3 Å². The van der Waals surface area contributed by atoms with Crippen LogP contribution in [0.15, 0.2) is 72.8 Å². The molecule has 6 nitrogen and oxygen atoms in total. The first kappa shape index (κ1) is 22.2. The minimum Gasteiger partial charge on any atom is -0.495 e. The maximum absolute atomic E-state index is 12.9. The highest BCUT2D eigenvalue weighted by Gasteiger charge is 2.16. The molecule has 2 N–H and O–H groups in total. The van der Waals surface area contributed by atoms with Crippen molar-refractivity contribution in [3.63, 3.8) is 0 Å². The first-order valence-electron chi connectivity index (χ1n) is 9.86. The molecule has 0 saturated carbocycles. The highest BCUT2D eigenvalue weighted by atomic mass is 35.5. The molecule has 0 heterocycles. The number of hydrogen-bond acceptors (Lipinski definition) is 4. The van der Waals surface area contributed by atoms with Crippen molar-refractivity contribution in [2.75, 3.05) is 35.7 Å². The van der Waals surface area contributed by atoms with Crippen LogP contribution in [0.5, 0.6) is 5.75 Å².